The fraction of sp³-hybridized carbons (Fsp3) is 0.833. The van der Waals surface area contributed by atoms with Crippen LogP contribution in [0.3, 0.4) is 0 Å². The van der Waals surface area contributed by atoms with Crippen molar-refractivity contribution in [1.29, 1.82) is 5.26 Å². The van der Waals surface area contributed by atoms with Crippen LogP contribution < -0.4 is 0 Å². The van der Waals surface area contributed by atoms with Crippen molar-refractivity contribution in [1.82, 2.24) is 9.80 Å². The quantitative estimate of drug-likeness (QED) is 0.700. The lowest BCUT2D eigenvalue weighted by atomic mass is 10.2. The summed E-state index contributed by atoms with van der Waals surface area (Å²) in [6.45, 7) is 8.08. The number of hydrogen-bond donors (Lipinski definition) is 0. The van der Waals surface area contributed by atoms with Crippen LogP contribution in [-0.4, -0.2) is 61.1 Å². The molecule has 5 heteroatoms. The van der Waals surface area contributed by atoms with Crippen molar-refractivity contribution in [2.75, 3.05) is 39.4 Å². The van der Waals surface area contributed by atoms with E-state index in [9.17, 15) is 4.79 Å². The van der Waals surface area contributed by atoms with Gasteiger partial charge in [0, 0.05) is 26.2 Å². The molecular weight excluding hydrogens is 218 g/mol. The van der Waals surface area contributed by atoms with Crippen LogP contribution in [0.2, 0.25) is 0 Å². The van der Waals surface area contributed by atoms with E-state index in [-0.39, 0.29) is 11.9 Å². The van der Waals surface area contributed by atoms with E-state index >= 15 is 0 Å². The highest BCUT2D eigenvalue weighted by Crippen LogP contribution is 2.07. The molecule has 0 saturated carbocycles. The Morgan fingerprint density at radius 3 is 2.71 bits per heavy atom. The van der Waals surface area contributed by atoms with E-state index in [1.807, 2.05) is 13.8 Å². The number of nitriles is 1. The van der Waals surface area contributed by atoms with E-state index in [0.717, 1.165) is 13.1 Å². The molecule has 1 saturated heterocycles. The zero-order chi connectivity index (χ0) is 12.7. The Kier molecular flexibility index (Phi) is 5.95. The van der Waals surface area contributed by atoms with Crippen molar-refractivity contribution >= 4 is 5.91 Å². The van der Waals surface area contributed by atoms with Gasteiger partial charge in [-0.05, 0) is 13.8 Å². The molecule has 96 valence electrons. The minimum absolute atomic E-state index is 0.113. The van der Waals surface area contributed by atoms with Crippen molar-refractivity contribution < 1.29 is 9.53 Å². The highest BCUT2D eigenvalue weighted by molar-refractivity contribution is 5.81. The Morgan fingerprint density at radius 2 is 2.18 bits per heavy atom. The van der Waals surface area contributed by atoms with E-state index in [1.165, 1.54) is 0 Å². The van der Waals surface area contributed by atoms with Gasteiger partial charge in [-0.1, -0.05) is 0 Å². The van der Waals surface area contributed by atoms with Gasteiger partial charge < -0.3 is 9.64 Å². The number of hydrogen-bond acceptors (Lipinski definition) is 4. The lowest BCUT2D eigenvalue weighted by Gasteiger charge is -2.34. The van der Waals surface area contributed by atoms with Crippen molar-refractivity contribution in [2.45, 2.75) is 26.3 Å². The summed E-state index contributed by atoms with van der Waals surface area (Å²) in [5.74, 6) is 0.115. The van der Waals surface area contributed by atoms with Crippen LogP contribution in [0.4, 0.5) is 0 Å². The second kappa shape index (κ2) is 7.25. The van der Waals surface area contributed by atoms with E-state index in [0.29, 0.717) is 32.7 Å². The van der Waals surface area contributed by atoms with Gasteiger partial charge in [-0.25, -0.2) is 0 Å². The SMILES string of the molecule is CCN(CCC#N)C(=O)[C@H](C)N1CCOCC1. The second-order valence-corrected chi connectivity index (χ2v) is 4.15. The first-order valence-electron chi connectivity index (χ1n) is 6.18. The molecule has 1 rings (SSSR count). The molecule has 0 aromatic heterocycles. The molecule has 1 heterocycles. The number of amides is 1. The lowest BCUT2D eigenvalue weighted by Crippen LogP contribution is -2.51. The molecular formula is C12H21N3O2. The number of carbonyl (C=O) groups excluding carboxylic acids is 1. The Balaban J connectivity index is 2.50. The molecule has 0 radical (unpaired) electrons. The van der Waals surface area contributed by atoms with Crippen LogP contribution in [0, 0.1) is 11.3 Å². The van der Waals surface area contributed by atoms with Crippen molar-refractivity contribution in [3.8, 4) is 6.07 Å². The molecule has 0 bridgehead atoms. The molecule has 0 unspecified atom stereocenters. The van der Waals surface area contributed by atoms with Gasteiger partial charge in [-0.3, -0.25) is 9.69 Å². The van der Waals surface area contributed by atoms with Gasteiger partial charge in [0.05, 0.1) is 31.7 Å². The van der Waals surface area contributed by atoms with Crippen molar-refractivity contribution in [3.05, 3.63) is 0 Å². The predicted molar refractivity (Wildman–Crippen MR) is 64.3 cm³/mol. The summed E-state index contributed by atoms with van der Waals surface area (Å²) in [7, 11) is 0. The smallest absolute Gasteiger partial charge is 0.239 e. The van der Waals surface area contributed by atoms with Crippen LogP contribution in [0.5, 0.6) is 0 Å². The van der Waals surface area contributed by atoms with Gasteiger partial charge in [0.15, 0.2) is 0 Å². The number of ether oxygens (including phenoxy) is 1. The summed E-state index contributed by atoms with van der Waals surface area (Å²) in [4.78, 5) is 16.1. The van der Waals surface area contributed by atoms with E-state index in [2.05, 4.69) is 11.0 Å². The van der Waals surface area contributed by atoms with Crippen LogP contribution >= 0.6 is 0 Å². The molecule has 0 aromatic rings. The minimum Gasteiger partial charge on any atom is -0.379 e. The van der Waals surface area contributed by atoms with Gasteiger partial charge in [-0.15, -0.1) is 0 Å². The third-order valence-corrected chi connectivity index (χ3v) is 3.14. The van der Waals surface area contributed by atoms with Crippen LogP contribution in [0.25, 0.3) is 0 Å². The summed E-state index contributed by atoms with van der Waals surface area (Å²) in [5, 5.41) is 8.56. The Bertz CT molecular complexity index is 282. The Morgan fingerprint density at radius 1 is 1.53 bits per heavy atom. The molecule has 1 aliphatic rings. The average Bonchev–Trinajstić information content (AvgIpc) is 2.39. The second-order valence-electron chi connectivity index (χ2n) is 4.15. The maximum Gasteiger partial charge on any atom is 0.239 e. The van der Waals surface area contributed by atoms with Gasteiger partial charge in [0.1, 0.15) is 0 Å². The third kappa shape index (κ3) is 3.99. The zero-order valence-electron chi connectivity index (χ0n) is 10.7. The first-order valence-corrected chi connectivity index (χ1v) is 6.18. The number of rotatable bonds is 5. The van der Waals surface area contributed by atoms with Crippen LogP contribution in [-0.2, 0) is 9.53 Å². The molecule has 1 atom stereocenters. The molecule has 1 amide bonds. The maximum atomic E-state index is 12.2. The van der Waals surface area contributed by atoms with Gasteiger partial charge >= 0.3 is 0 Å². The number of likely N-dealkylation sites (N-methyl/N-ethyl adjacent to an activating group) is 1. The first kappa shape index (κ1) is 13.9. The summed E-state index contributed by atoms with van der Waals surface area (Å²) >= 11 is 0. The highest BCUT2D eigenvalue weighted by Gasteiger charge is 2.26. The average molecular weight is 239 g/mol. The summed E-state index contributed by atoms with van der Waals surface area (Å²) in [6, 6.07) is 1.96. The fourth-order valence-electron chi connectivity index (χ4n) is 1.99. The molecule has 0 aliphatic carbocycles. The van der Waals surface area contributed by atoms with Crippen LogP contribution in [0.1, 0.15) is 20.3 Å². The van der Waals surface area contributed by atoms with Gasteiger partial charge in [-0.2, -0.15) is 5.26 Å². The number of morpholine rings is 1. The predicted octanol–water partition coefficient (Wildman–Crippen LogP) is 0.469. The van der Waals surface area contributed by atoms with Crippen molar-refractivity contribution in [2.24, 2.45) is 0 Å². The molecule has 1 fully saturated rings. The van der Waals surface area contributed by atoms with Gasteiger partial charge in [0.2, 0.25) is 5.91 Å². The lowest BCUT2D eigenvalue weighted by molar-refractivity contribution is -0.137. The molecule has 5 nitrogen and oxygen atoms in total. The Labute approximate surface area is 103 Å². The van der Waals surface area contributed by atoms with E-state index in [1.54, 1.807) is 4.90 Å². The summed E-state index contributed by atoms with van der Waals surface area (Å²) in [6.07, 6.45) is 0.398. The van der Waals surface area contributed by atoms with E-state index in [4.69, 9.17) is 10.00 Å². The topological polar surface area (TPSA) is 56.6 Å². The molecule has 0 aromatic carbocycles. The monoisotopic (exact) mass is 239 g/mol. The largest absolute Gasteiger partial charge is 0.379 e. The molecule has 17 heavy (non-hydrogen) atoms. The van der Waals surface area contributed by atoms with Crippen LogP contribution in [0.15, 0.2) is 0 Å². The standard InChI is InChI=1S/C12H21N3O2/c1-3-14(6-4-5-13)12(16)11(2)15-7-9-17-10-8-15/h11H,3-4,6-10H2,1-2H3/t11-/m0/s1. The normalized spacial score (nSPS) is 18.4. The third-order valence-electron chi connectivity index (χ3n) is 3.14. The molecule has 0 spiro atoms. The molecule has 0 N–H and O–H groups in total. The van der Waals surface area contributed by atoms with E-state index < -0.39 is 0 Å². The Hall–Kier alpha value is -1.12. The number of nitrogens with zero attached hydrogens (tertiary/aromatic N) is 3. The maximum absolute atomic E-state index is 12.2. The highest BCUT2D eigenvalue weighted by atomic mass is 16.5. The molecule has 1 aliphatic heterocycles. The fourth-order valence-corrected chi connectivity index (χ4v) is 1.99. The summed E-state index contributed by atoms with van der Waals surface area (Å²) < 4.78 is 5.27. The first-order chi connectivity index (χ1) is 8.20. The van der Waals surface area contributed by atoms with Crippen molar-refractivity contribution in [3.63, 3.8) is 0 Å². The summed E-state index contributed by atoms with van der Waals surface area (Å²) in [5.41, 5.74) is 0. The minimum atomic E-state index is -0.113. The van der Waals surface area contributed by atoms with Gasteiger partial charge in [0.25, 0.3) is 0 Å². The zero-order valence-corrected chi connectivity index (χ0v) is 10.7. The number of carbonyl (C=O) groups is 1.